The van der Waals surface area contributed by atoms with Crippen molar-refractivity contribution in [3.8, 4) is 0 Å². The number of hydrogen-bond donors (Lipinski definition) is 0. The Morgan fingerprint density at radius 3 is 2.41 bits per heavy atom. The van der Waals surface area contributed by atoms with Crippen molar-refractivity contribution in [2.24, 2.45) is 5.41 Å². The van der Waals surface area contributed by atoms with E-state index in [0.717, 1.165) is 44.6 Å². The van der Waals surface area contributed by atoms with E-state index in [4.69, 9.17) is 0 Å². The second-order valence-corrected chi connectivity index (χ2v) is 6.49. The molecule has 1 aromatic carbocycles. The maximum atomic E-state index is 13.5. The van der Waals surface area contributed by atoms with Gasteiger partial charge in [-0.2, -0.15) is 0 Å². The van der Waals surface area contributed by atoms with Crippen LogP contribution in [-0.2, 0) is 4.79 Å². The first-order valence-corrected chi connectivity index (χ1v) is 7.94. The van der Waals surface area contributed by atoms with Gasteiger partial charge in [-0.25, -0.2) is 8.78 Å². The smallest absolute Gasteiger partial charge is 0.229 e. The summed E-state index contributed by atoms with van der Waals surface area (Å²) in [5.41, 5.74) is 0.298. The Labute approximate surface area is 129 Å². The van der Waals surface area contributed by atoms with Crippen LogP contribution in [0, 0.1) is 17.0 Å². The average Bonchev–Trinajstić information content (AvgIpc) is 2.93. The van der Waals surface area contributed by atoms with Crippen LogP contribution in [0.3, 0.4) is 0 Å². The molecule has 22 heavy (non-hydrogen) atoms. The number of hydrogen-bond acceptors (Lipinski definition) is 1. The van der Waals surface area contributed by atoms with Gasteiger partial charge in [-0.15, -0.1) is 6.58 Å². The van der Waals surface area contributed by atoms with Gasteiger partial charge >= 0.3 is 0 Å². The average molecular weight is 305 g/mol. The van der Waals surface area contributed by atoms with Crippen molar-refractivity contribution in [3.05, 3.63) is 48.1 Å². The molecule has 0 N–H and O–H groups in total. The molecule has 118 valence electrons. The summed E-state index contributed by atoms with van der Waals surface area (Å²) >= 11 is 0. The predicted octanol–water partition coefficient (Wildman–Crippen LogP) is 4.37. The van der Waals surface area contributed by atoms with Gasteiger partial charge < -0.3 is 4.90 Å². The minimum Gasteiger partial charge on any atom is -0.331 e. The highest BCUT2D eigenvalue weighted by Gasteiger charge is 2.48. The van der Waals surface area contributed by atoms with Crippen LogP contribution in [0.5, 0.6) is 0 Å². The Morgan fingerprint density at radius 1 is 1.18 bits per heavy atom. The maximum Gasteiger partial charge on any atom is 0.229 e. The van der Waals surface area contributed by atoms with Gasteiger partial charge in [0.05, 0.1) is 6.04 Å². The van der Waals surface area contributed by atoms with Gasteiger partial charge in [-0.3, -0.25) is 4.79 Å². The fourth-order valence-electron chi connectivity index (χ4n) is 4.10. The van der Waals surface area contributed by atoms with Crippen molar-refractivity contribution < 1.29 is 13.6 Å². The molecule has 2 nitrogen and oxygen atoms in total. The molecule has 0 bridgehead atoms. The van der Waals surface area contributed by atoms with Gasteiger partial charge in [0.2, 0.25) is 5.91 Å². The number of halogens is 2. The fourth-order valence-corrected chi connectivity index (χ4v) is 4.10. The van der Waals surface area contributed by atoms with E-state index in [2.05, 4.69) is 6.58 Å². The van der Waals surface area contributed by atoms with Crippen LogP contribution >= 0.6 is 0 Å². The van der Waals surface area contributed by atoms with Crippen LogP contribution in [0.4, 0.5) is 8.78 Å². The van der Waals surface area contributed by atoms with E-state index >= 15 is 0 Å². The zero-order chi connectivity index (χ0) is 15.7. The lowest BCUT2D eigenvalue weighted by atomic mass is 9.74. The molecule has 4 heteroatoms. The van der Waals surface area contributed by atoms with Crippen LogP contribution in [0.2, 0.25) is 0 Å². The normalized spacial score (nSPS) is 24.0. The molecule has 1 atom stereocenters. The van der Waals surface area contributed by atoms with Crippen molar-refractivity contribution in [2.75, 3.05) is 6.54 Å². The number of carbonyl (C=O) groups excluding carboxylic acids is 1. The summed E-state index contributed by atoms with van der Waals surface area (Å²) in [5.74, 6) is -1.06. The lowest BCUT2D eigenvalue weighted by Gasteiger charge is -2.44. The highest BCUT2D eigenvalue weighted by Crippen LogP contribution is 2.50. The van der Waals surface area contributed by atoms with E-state index in [-0.39, 0.29) is 17.4 Å². The van der Waals surface area contributed by atoms with Crippen LogP contribution < -0.4 is 0 Å². The monoisotopic (exact) mass is 305 g/mol. The van der Waals surface area contributed by atoms with Crippen molar-refractivity contribution in [1.29, 1.82) is 0 Å². The molecule has 1 spiro atoms. The first-order valence-electron chi connectivity index (χ1n) is 7.94. The molecule has 0 unspecified atom stereocenters. The summed E-state index contributed by atoms with van der Waals surface area (Å²) in [6.45, 7) is 4.15. The number of carbonyl (C=O) groups is 1. The van der Waals surface area contributed by atoms with Gasteiger partial charge in [-0.05, 0) is 43.4 Å². The number of amides is 1. The number of likely N-dealkylation sites (tertiary alicyclic amines) is 1. The van der Waals surface area contributed by atoms with Crippen LogP contribution in [0.25, 0.3) is 0 Å². The molecule has 3 rings (SSSR count). The van der Waals surface area contributed by atoms with E-state index in [1.54, 1.807) is 11.0 Å². The predicted molar refractivity (Wildman–Crippen MR) is 81.1 cm³/mol. The number of rotatable bonds is 3. The van der Waals surface area contributed by atoms with Crippen molar-refractivity contribution >= 4 is 5.91 Å². The Morgan fingerprint density at radius 2 is 1.82 bits per heavy atom. The lowest BCUT2D eigenvalue weighted by Crippen LogP contribution is -2.49. The number of benzene rings is 1. The van der Waals surface area contributed by atoms with E-state index in [1.165, 1.54) is 12.1 Å². The zero-order valence-electron chi connectivity index (χ0n) is 12.7. The molecule has 1 amide bonds. The third kappa shape index (κ3) is 2.55. The molecule has 1 aliphatic heterocycles. The number of nitrogens with zero attached hydrogens (tertiary/aromatic N) is 1. The van der Waals surface area contributed by atoms with E-state index < -0.39 is 11.6 Å². The van der Waals surface area contributed by atoms with Crippen LogP contribution in [0.1, 0.15) is 50.1 Å². The summed E-state index contributed by atoms with van der Waals surface area (Å²) < 4.78 is 27.0. The molecular weight excluding hydrogens is 284 g/mol. The Bertz CT molecular complexity index is 572. The summed E-state index contributed by atoms with van der Waals surface area (Å²) in [6.07, 6.45) is 7.30. The fraction of sp³-hybridized carbons (Fsp3) is 0.500. The Kier molecular flexibility index (Phi) is 4.02. The second-order valence-electron chi connectivity index (χ2n) is 6.49. The van der Waals surface area contributed by atoms with E-state index in [1.807, 2.05) is 0 Å². The van der Waals surface area contributed by atoms with E-state index in [0.29, 0.717) is 12.1 Å². The summed E-state index contributed by atoms with van der Waals surface area (Å²) in [6, 6.07) is 3.28. The molecule has 2 fully saturated rings. The summed E-state index contributed by atoms with van der Waals surface area (Å²) in [7, 11) is 0. The third-order valence-electron chi connectivity index (χ3n) is 5.14. The van der Waals surface area contributed by atoms with Crippen molar-refractivity contribution in [2.45, 2.75) is 44.6 Å². The largest absolute Gasteiger partial charge is 0.331 e. The molecule has 2 aliphatic rings. The maximum absolute atomic E-state index is 13.5. The minimum absolute atomic E-state index is 0.130. The molecule has 0 aromatic heterocycles. The highest BCUT2D eigenvalue weighted by atomic mass is 19.1. The van der Waals surface area contributed by atoms with Gasteiger partial charge in [0, 0.05) is 18.0 Å². The lowest BCUT2D eigenvalue weighted by molar-refractivity contribution is -0.149. The van der Waals surface area contributed by atoms with Gasteiger partial charge in [0.25, 0.3) is 0 Å². The standard InChI is InChI=1S/C18H21F2NO/c1-2-9-21-16(13-10-14(19)12-15(20)11-13)5-8-18(17(21)22)6-3-4-7-18/h2,10-12,16H,1,3-9H2/t16-/m0/s1. The molecule has 1 aliphatic carbocycles. The Balaban J connectivity index is 1.94. The molecule has 0 radical (unpaired) electrons. The molecule has 1 saturated carbocycles. The Hall–Kier alpha value is -1.71. The number of piperidine rings is 1. The molecule has 1 saturated heterocycles. The van der Waals surface area contributed by atoms with Crippen LogP contribution in [-0.4, -0.2) is 17.4 Å². The van der Waals surface area contributed by atoms with E-state index in [9.17, 15) is 13.6 Å². The second kappa shape index (κ2) is 5.82. The molecular formula is C18H21F2NO. The topological polar surface area (TPSA) is 20.3 Å². The highest BCUT2D eigenvalue weighted by molar-refractivity contribution is 5.84. The minimum atomic E-state index is -0.595. The van der Waals surface area contributed by atoms with Crippen LogP contribution in [0.15, 0.2) is 30.9 Å². The first-order chi connectivity index (χ1) is 10.6. The van der Waals surface area contributed by atoms with Gasteiger partial charge in [0.1, 0.15) is 11.6 Å². The van der Waals surface area contributed by atoms with Gasteiger partial charge in [0.15, 0.2) is 0 Å². The first kappa shape index (κ1) is 15.2. The SMILES string of the molecule is C=CCN1C(=O)C2(CCCC2)CC[C@H]1c1cc(F)cc(F)c1. The summed E-state index contributed by atoms with van der Waals surface area (Å²) in [5, 5.41) is 0. The molecule has 1 aromatic rings. The van der Waals surface area contributed by atoms with Crippen molar-refractivity contribution in [3.63, 3.8) is 0 Å². The molecule has 1 heterocycles. The third-order valence-corrected chi connectivity index (χ3v) is 5.14. The van der Waals surface area contributed by atoms with Gasteiger partial charge in [-0.1, -0.05) is 18.9 Å². The summed E-state index contributed by atoms with van der Waals surface area (Å²) in [4.78, 5) is 14.7. The quantitative estimate of drug-likeness (QED) is 0.759. The van der Waals surface area contributed by atoms with Crippen molar-refractivity contribution in [1.82, 2.24) is 4.90 Å². The zero-order valence-corrected chi connectivity index (χ0v) is 12.7.